The fourth-order valence-electron chi connectivity index (χ4n) is 2.69. The number of aliphatic hydroxyl groups is 1. The molecule has 0 spiro atoms. The summed E-state index contributed by atoms with van der Waals surface area (Å²) in [5, 5.41) is 11.4. The lowest BCUT2D eigenvalue weighted by atomic mass is 9.74. The first-order chi connectivity index (χ1) is 7.60. The maximum absolute atomic E-state index is 10.7. The van der Waals surface area contributed by atoms with Gasteiger partial charge in [-0.25, -0.2) is 0 Å². The van der Waals surface area contributed by atoms with Crippen LogP contribution in [-0.2, 0) is 5.60 Å². The summed E-state index contributed by atoms with van der Waals surface area (Å²) in [4.78, 5) is 0. The minimum atomic E-state index is -0.703. The number of hydrogen-bond acceptors (Lipinski definition) is 1. The van der Waals surface area contributed by atoms with Gasteiger partial charge in [-0.3, -0.25) is 0 Å². The fourth-order valence-corrected chi connectivity index (χ4v) is 2.81. The van der Waals surface area contributed by atoms with Crippen molar-refractivity contribution in [3.05, 3.63) is 34.9 Å². The Morgan fingerprint density at radius 3 is 2.25 bits per heavy atom. The molecule has 1 nitrogen and oxygen atoms in total. The van der Waals surface area contributed by atoms with E-state index < -0.39 is 5.60 Å². The summed E-state index contributed by atoms with van der Waals surface area (Å²) < 4.78 is 0. The Morgan fingerprint density at radius 2 is 1.69 bits per heavy atom. The summed E-state index contributed by atoms with van der Waals surface area (Å²) >= 11 is 5.87. The maximum Gasteiger partial charge on any atom is 0.0896 e. The number of hydrogen-bond donors (Lipinski definition) is 1. The first-order valence-electron chi connectivity index (χ1n) is 6.09. The molecule has 16 heavy (non-hydrogen) atoms. The van der Waals surface area contributed by atoms with Crippen LogP contribution < -0.4 is 0 Å². The molecule has 1 aliphatic carbocycles. The van der Waals surface area contributed by atoms with Crippen LogP contribution in [0.3, 0.4) is 0 Å². The molecule has 0 bridgehead atoms. The highest BCUT2D eigenvalue weighted by Gasteiger charge is 2.34. The Kier molecular flexibility index (Phi) is 3.56. The van der Waals surface area contributed by atoms with Crippen LogP contribution in [0.4, 0.5) is 0 Å². The largest absolute Gasteiger partial charge is 0.385 e. The van der Waals surface area contributed by atoms with Crippen LogP contribution in [0.1, 0.15) is 44.6 Å². The molecule has 0 amide bonds. The van der Waals surface area contributed by atoms with E-state index in [0.717, 1.165) is 23.4 Å². The second-order valence-corrected chi connectivity index (χ2v) is 5.43. The first-order valence-corrected chi connectivity index (χ1v) is 6.47. The molecule has 1 fully saturated rings. The highest BCUT2D eigenvalue weighted by atomic mass is 35.5. The maximum atomic E-state index is 10.7. The Morgan fingerprint density at radius 1 is 1.12 bits per heavy atom. The molecule has 0 heterocycles. The van der Waals surface area contributed by atoms with Gasteiger partial charge in [-0.05, 0) is 43.4 Å². The molecular formula is C14H19ClO. The average Bonchev–Trinajstić information content (AvgIpc) is 2.31. The van der Waals surface area contributed by atoms with E-state index in [1.165, 1.54) is 19.3 Å². The van der Waals surface area contributed by atoms with Gasteiger partial charge < -0.3 is 5.11 Å². The molecule has 2 rings (SSSR count). The lowest BCUT2D eigenvalue weighted by molar-refractivity contribution is -0.0215. The van der Waals surface area contributed by atoms with Crippen LogP contribution in [0.5, 0.6) is 0 Å². The summed E-state index contributed by atoms with van der Waals surface area (Å²) in [6.45, 7) is 1.94. The van der Waals surface area contributed by atoms with Gasteiger partial charge in [0.1, 0.15) is 0 Å². The molecular weight excluding hydrogens is 220 g/mol. The van der Waals surface area contributed by atoms with E-state index in [0.29, 0.717) is 5.92 Å². The lowest BCUT2D eigenvalue weighted by Crippen LogP contribution is -2.33. The van der Waals surface area contributed by atoms with Gasteiger partial charge in [0, 0.05) is 5.02 Å². The van der Waals surface area contributed by atoms with Gasteiger partial charge in [-0.15, -0.1) is 0 Å². The molecule has 2 heteroatoms. The van der Waals surface area contributed by atoms with E-state index in [1.807, 2.05) is 31.2 Å². The second-order valence-electron chi connectivity index (χ2n) is 4.99. The van der Waals surface area contributed by atoms with Crippen molar-refractivity contribution in [1.82, 2.24) is 0 Å². The number of benzene rings is 1. The van der Waals surface area contributed by atoms with Gasteiger partial charge in [0.15, 0.2) is 0 Å². The van der Waals surface area contributed by atoms with Crippen molar-refractivity contribution >= 4 is 11.6 Å². The molecule has 1 aromatic carbocycles. The van der Waals surface area contributed by atoms with Crippen LogP contribution in [0.15, 0.2) is 24.3 Å². The molecule has 1 saturated carbocycles. The van der Waals surface area contributed by atoms with Crippen molar-refractivity contribution < 1.29 is 5.11 Å². The quantitative estimate of drug-likeness (QED) is 0.822. The van der Waals surface area contributed by atoms with E-state index in [9.17, 15) is 5.11 Å². The topological polar surface area (TPSA) is 20.2 Å². The van der Waals surface area contributed by atoms with Crippen molar-refractivity contribution in [3.8, 4) is 0 Å². The molecule has 1 aliphatic rings. The number of halogens is 1. The van der Waals surface area contributed by atoms with Gasteiger partial charge in [0.25, 0.3) is 0 Å². The monoisotopic (exact) mass is 238 g/mol. The smallest absolute Gasteiger partial charge is 0.0896 e. The third kappa shape index (κ3) is 2.41. The Balaban J connectivity index is 2.19. The SMILES string of the molecule is CC(O)(c1ccc(Cl)cc1)C1CCCCC1. The van der Waals surface area contributed by atoms with E-state index in [-0.39, 0.29) is 0 Å². The summed E-state index contributed by atoms with van der Waals surface area (Å²) in [5.74, 6) is 0.391. The fraction of sp³-hybridized carbons (Fsp3) is 0.571. The van der Waals surface area contributed by atoms with Crippen molar-refractivity contribution in [3.63, 3.8) is 0 Å². The van der Waals surface area contributed by atoms with E-state index in [4.69, 9.17) is 11.6 Å². The standard InChI is InChI=1S/C14H19ClO/c1-14(16,11-5-3-2-4-6-11)12-7-9-13(15)10-8-12/h7-11,16H,2-6H2,1H3. The molecule has 1 atom stereocenters. The molecule has 0 saturated heterocycles. The zero-order chi connectivity index (χ0) is 11.6. The second kappa shape index (κ2) is 4.77. The molecule has 1 unspecified atom stereocenters. The molecule has 0 aromatic heterocycles. The van der Waals surface area contributed by atoms with Crippen LogP contribution in [0.25, 0.3) is 0 Å². The number of rotatable bonds is 2. The van der Waals surface area contributed by atoms with E-state index in [2.05, 4.69) is 0 Å². The predicted molar refractivity (Wildman–Crippen MR) is 67.6 cm³/mol. The van der Waals surface area contributed by atoms with Crippen LogP contribution in [0, 0.1) is 5.92 Å². The van der Waals surface area contributed by atoms with Gasteiger partial charge in [0.2, 0.25) is 0 Å². The minimum absolute atomic E-state index is 0.391. The third-order valence-corrected chi connectivity index (χ3v) is 4.08. The van der Waals surface area contributed by atoms with Crippen molar-refractivity contribution in [1.29, 1.82) is 0 Å². The van der Waals surface area contributed by atoms with E-state index in [1.54, 1.807) is 0 Å². The van der Waals surface area contributed by atoms with Gasteiger partial charge in [-0.2, -0.15) is 0 Å². The normalized spacial score (nSPS) is 21.7. The van der Waals surface area contributed by atoms with Crippen molar-refractivity contribution in [2.75, 3.05) is 0 Å². The van der Waals surface area contributed by atoms with Crippen LogP contribution >= 0.6 is 11.6 Å². The predicted octanol–water partition coefficient (Wildman–Crippen LogP) is 4.13. The van der Waals surface area contributed by atoms with Crippen LogP contribution in [-0.4, -0.2) is 5.11 Å². The van der Waals surface area contributed by atoms with Crippen molar-refractivity contribution in [2.24, 2.45) is 5.92 Å². The highest BCUT2D eigenvalue weighted by molar-refractivity contribution is 6.30. The van der Waals surface area contributed by atoms with Crippen molar-refractivity contribution in [2.45, 2.75) is 44.6 Å². The lowest BCUT2D eigenvalue weighted by Gasteiger charge is -2.36. The summed E-state index contributed by atoms with van der Waals surface area (Å²) in [6.07, 6.45) is 6.07. The van der Waals surface area contributed by atoms with Gasteiger partial charge in [0.05, 0.1) is 5.60 Å². The Bertz CT molecular complexity index is 336. The molecule has 88 valence electrons. The molecule has 1 N–H and O–H groups in total. The van der Waals surface area contributed by atoms with Gasteiger partial charge >= 0.3 is 0 Å². The molecule has 0 radical (unpaired) electrons. The Hall–Kier alpha value is -0.530. The summed E-state index contributed by atoms with van der Waals surface area (Å²) in [5.41, 5.74) is 0.286. The zero-order valence-electron chi connectivity index (χ0n) is 9.75. The summed E-state index contributed by atoms with van der Waals surface area (Å²) in [7, 11) is 0. The molecule has 1 aromatic rings. The first kappa shape index (κ1) is 11.9. The summed E-state index contributed by atoms with van der Waals surface area (Å²) in [6, 6.07) is 7.59. The van der Waals surface area contributed by atoms with E-state index >= 15 is 0 Å². The Labute approximate surface area is 102 Å². The highest BCUT2D eigenvalue weighted by Crippen LogP contribution is 2.39. The van der Waals surface area contributed by atoms with Crippen LogP contribution in [0.2, 0.25) is 5.02 Å². The zero-order valence-corrected chi connectivity index (χ0v) is 10.5. The van der Waals surface area contributed by atoms with Gasteiger partial charge in [-0.1, -0.05) is 43.0 Å². The minimum Gasteiger partial charge on any atom is -0.385 e. The molecule has 0 aliphatic heterocycles. The average molecular weight is 239 g/mol. The third-order valence-electron chi connectivity index (χ3n) is 3.83.